The standard InChI is InChI=1S/C20H30O4/c1-14-6-7-17-20(4,24-17)10-5-9-18(2,21)11-8-15-16(12-14)23-13-19(15,3)22/h5,8-9,12,16-17,21-22H,6-7,10-11,13H2,1-4H3/b9-5-,14-12-,15-8+/t16-,17-,18-,19-,20-/m0/s1. The van der Waals surface area contributed by atoms with E-state index in [4.69, 9.17) is 9.47 Å². The van der Waals surface area contributed by atoms with Gasteiger partial charge >= 0.3 is 0 Å². The van der Waals surface area contributed by atoms with Crippen molar-refractivity contribution in [2.24, 2.45) is 0 Å². The smallest absolute Gasteiger partial charge is 0.109 e. The Kier molecular flexibility index (Phi) is 4.54. The fraction of sp³-hybridized carbons (Fsp3) is 0.700. The van der Waals surface area contributed by atoms with Crippen molar-refractivity contribution in [2.45, 2.75) is 82.4 Å². The molecule has 0 spiro atoms. The average Bonchev–Trinajstić information content (AvgIpc) is 3.02. The Balaban J connectivity index is 1.88. The number of aliphatic hydroxyl groups is 2. The monoisotopic (exact) mass is 334 g/mol. The van der Waals surface area contributed by atoms with E-state index in [-0.39, 0.29) is 24.4 Å². The summed E-state index contributed by atoms with van der Waals surface area (Å²) in [7, 11) is 0. The molecule has 2 saturated heterocycles. The van der Waals surface area contributed by atoms with E-state index in [1.165, 1.54) is 5.57 Å². The Bertz CT molecular complexity index is 584. The van der Waals surface area contributed by atoms with E-state index in [1.54, 1.807) is 13.8 Å². The lowest BCUT2D eigenvalue weighted by atomic mass is 9.89. The molecule has 0 saturated carbocycles. The van der Waals surface area contributed by atoms with Crippen molar-refractivity contribution in [1.29, 1.82) is 0 Å². The first-order chi connectivity index (χ1) is 11.1. The molecule has 0 bridgehead atoms. The highest BCUT2D eigenvalue weighted by atomic mass is 16.6. The van der Waals surface area contributed by atoms with Crippen molar-refractivity contribution >= 4 is 0 Å². The Morgan fingerprint density at radius 2 is 1.92 bits per heavy atom. The molecule has 0 radical (unpaired) electrons. The van der Waals surface area contributed by atoms with E-state index < -0.39 is 11.2 Å². The maximum atomic E-state index is 10.6. The highest BCUT2D eigenvalue weighted by Gasteiger charge is 2.50. The van der Waals surface area contributed by atoms with Gasteiger partial charge in [0.1, 0.15) is 5.60 Å². The molecule has 2 fully saturated rings. The van der Waals surface area contributed by atoms with E-state index in [0.717, 1.165) is 24.8 Å². The zero-order valence-corrected chi connectivity index (χ0v) is 15.2. The molecule has 0 aromatic rings. The molecule has 2 aliphatic heterocycles. The topological polar surface area (TPSA) is 62.2 Å². The fourth-order valence-electron chi connectivity index (χ4n) is 3.67. The summed E-state index contributed by atoms with van der Waals surface area (Å²) in [4.78, 5) is 0. The molecule has 2 N–H and O–H groups in total. The van der Waals surface area contributed by atoms with Crippen LogP contribution in [-0.2, 0) is 9.47 Å². The van der Waals surface area contributed by atoms with Crippen LogP contribution in [0.15, 0.2) is 35.5 Å². The minimum atomic E-state index is -0.976. The molecule has 134 valence electrons. The lowest BCUT2D eigenvalue weighted by Gasteiger charge is -2.22. The summed E-state index contributed by atoms with van der Waals surface area (Å²) in [6, 6.07) is 0. The minimum Gasteiger partial charge on any atom is -0.386 e. The van der Waals surface area contributed by atoms with Gasteiger partial charge in [0, 0.05) is 0 Å². The molecule has 0 amide bonds. The number of hydrogen-bond acceptors (Lipinski definition) is 4. The van der Waals surface area contributed by atoms with Gasteiger partial charge in [0.2, 0.25) is 0 Å². The van der Waals surface area contributed by atoms with Crippen LogP contribution < -0.4 is 0 Å². The molecule has 3 rings (SSSR count). The third kappa shape index (κ3) is 3.83. The summed E-state index contributed by atoms with van der Waals surface area (Å²) in [6.45, 7) is 8.10. The van der Waals surface area contributed by atoms with Crippen molar-refractivity contribution in [2.75, 3.05) is 6.61 Å². The maximum absolute atomic E-state index is 10.6. The van der Waals surface area contributed by atoms with Crippen LogP contribution in [-0.4, -0.2) is 45.8 Å². The Hall–Kier alpha value is -0.940. The van der Waals surface area contributed by atoms with Crippen LogP contribution in [0.25, 0.3) is 0 Å². The summed E-state index contributed by atoms with van der Waals surface area (Å²) in [5, 5.41) is 21.2. The Morgan fingerprint density at radius 1 is 1.17 bits per heavy atom. The molecule has 24 heavy (non-hydrogen) atoms. The lowest BCUT2D eigenvalue weighted by Crippen LogP contribution is -2.28. The molecule has 4 nitrogen and oxygen atoms in total. The zero-order valence-electron chi connectivity index (χ0n) is 15.2. The van der Waals surface area contributed by atoms with Gasteiger partial charge in [-0.3, -0.25) is 0 Å². The third-order valence-corrected chi connectivity index (χ3v) is 5.48. The van der Waals surface area contributed by atoms with E-state index in [0.29, 0.717) is 6.42 Å². The van der Waals surface area contributed by atoms with Crippen LogP contribution >= 0.6 is 0 Å². The largest absolute Gasteiger partial charge is 0.386 e. The number of allylic oxidation sites excluding steroid dienone is 1. The van der Waals surface area contributed by atoms with Gasteiger partial charge in [-0.2, -0.15) is 0 Å². The zero-order chi connectivity index (χ0) is 17.6. The molecule has 2 heterocycles. The van der Waals surface area contributed by atoms with Crippen LogP contribution in [0.2, 0.25) is 0 Å². The predicted octanol–water partition coefficient (Wildman–Crippen LogP) is 3.05. The van der Waals surface area contributed by atoms with E-state index in [2.05, 4.69) is 19.9 Å². The molecule has 5 atom stereocenters. The Morgan fingerprint density at radius 3 is 2.67 bits per heavy atom. The average molecular weight is 334 g/mol. The van der Waals surface area contributed by atoms with Crippen LogP contribution in [0.4, 0.5) is 0 Å². The van der Waals surface area contributed by atoms with Gasteiger partial charge < -0.3 is 19.7 Å². The molecular weight excluding hydrogens is 304 g/mol. The van der Waals surface area contributed by atoms with E-state index in [9.17, 15) is 10.2 Å². The molecule has 0 aromatic heterocycles. The minimum absolute atomic E-state index is 0.0918. The fourth-order valence-corrected chi connectivity index (χ4v) is 3.67. The number of epoxide rings is 1. The van der Waals surface area contributed by atoms with Crippen molar-refractivity contribution in [3.05, 3.63) is 35.5 Å². The molecule has 0 aromatic carbocycles. The second kappa shape index (κ2) is 6.10. The predicted molar refractivity (Wildman–Crippen MR) is 93.7 cm³/mol. The van der Waals surface area contributed by atoms with Crippen molar-refractivity contribution in [3.8, 4) is 0 Å². The quantitative estimate of drug-likeness (QED) is 0.528. The molecule has 4 heteroatoms. The van der Waals surface area contributed by atoms with Crippen LogP contribution in [0.5, 0.6) is 0 Å². The highest BCUT2D eigenvalue weighted by molar-refractivity contribution is 5.31. The van der Waals surface area contributed by atoms with Crippen molar-refractivity contribution in [3.63, 3.8) is 0 Å². The van der Waals surface area contributed by atoms with Crippen LogP contribution in [0.1, 0.15) is 53.4 Å². The summed E-state index contributed by atoms with van der Waals surface area (Å²) < 4.78 is 11.7. The first kappa shape index (κ1) is 17.9. The maximum Gasteiger partial charge on any atom is 0.109 e. The van der Waals surface area contributed by atoms with Crippen molar-refractivity contribution < 1.29 is 19.7 Å². The van der Waals surface area contributed by atoms with Crippen LogP contribution in [0.3, 0.4) is 0 Å². The van der Waals surface area contributed by atoms with Crippen LogP contribution in [0, 0.1) is 0 Å². The first-order valence-corrected chi connectivity index (χ1v) is 8.91. The number of ether oxygens (including phenoxy) is 2. The summed E-state index contributed by atoms with van der Waals surface area (Å²) >= 11 is 0. The molecular formula is C20H30O4. The first-order valence-electron chi connectivity index (χ1n) is 8.91. The van der Waals surface area contributed by atoms with Gasteiger partial charge in [0.25, 0.3) is 0 Å². The van der Waals surface area contributed by atoms with Gasteiger partial charge in [-0.25, -0.2) is 0 Å². The molecule has 0 unspecified atom stereocenters. The SMILES string of the molecule is C/C1=C/[C@@H]2OC[C@](C)(O)/C2=C/C[C@@](C)(O)/C=C\C[C@]2(C)O[C@H]2CC1. The van der Waals surface area contributed by atoms with Gasteiger partial charge in [0.05, 0.1) is 30.0 Å². The number of fused-ring (bicyclic) bond motifs is 2. The summed E-state index contributed by atoms with van der Waals surface area (Å²) in [5.41, 5.74) is 0.0860. The normalized spacial score (nSPS) is 52.1. The van der Waals surface area contributed by atoms with Crippen molar-refractivity contribution in [1.82, 2.24) is 0 Å². The highest BCUT2D eigenvalue weighted by Crippen LogP contribution is 2.43. The summed E-state index contributed by atoms with van der Waals surface area (Å²) in [5.74, 6) is 0. The van der Waals surface area contributed by atoms with E-state index in [1.807, 2.05) is 18.2 Å². The second-order valence-corrected chi connectivity index (χ2v) is 8.30. The lowest BCUT2D eigenvalue weighted by molar-refractivity contribution is 0.0485. The third-order valence-electron chi connectivity index (χ3n) is 5.48. The number of hydrogen-bond donors (Lipinski definition) is 2. The molecule has 1 aliphatic carbocycles. The van der Waals surface area contributed by atoms with Gasteiger partial charge in [0.15, 0.2) is 0 Å². The second-order valence-electron chi connectivity index (χ2n) is 8.30. The Labute approximate surface area is 144 Å². The van der Waals surface area contributed by atoms with Gasteiger partial charge in [-0.1, -0.05) is 29.9 Å². The molecule has 3 aliphatic rings. The van der Waals surface area contributed by atoms with Gasteiger partial charge in [-0.05, 0) is 59.0 Å². The van der Waals surface area contributed by atoms with E-state index >= 15 is 0 Å². The summed E-state index contributed by atoms with van der Waals surface area (Å²) in [6.07, 6.45) is 11.2. The van der Waals surface area contributed by atoms with Gasteiger partial charge in [-0.15, -0.1) is 0 Å². The number of rotatable bonds is 0.